The minimum Gasteiger partial charge on any atom is -0.309 e. The van der Waals surface area contributed by atoms with Crippen LogP contribution >= 0.6 is 0 Å². The molecule has 1 heterocycles. The van der Waals surface area contributed by atoms with E-state index in [2.05, 4.69) is 243 Å². The fourth-order valence-electron chi connectivity index (χ4n) is 11.2. The lowest BCUT2D eigenvalue weighted by molar-refractivity contribution is 0.660. The minimum atomic E-state index is -0.113. The van der Waals surface area contributed by atoms with Crippen molar-refractivity contribution in [3.8, 4) is 50.2 Å². The Kier molecular flexibility index (Phi) is 7.96. The maximum atomic E-state index is 2.52. The van der Waals surface area contributed by atoms with Gasteiger partial charge in [-0.15, -0.1) is 0 Å². The van der Waals surface area contributed by atoms with Crippen LogP contribution in [-0.4, -0.2) is 4.57 Å². The van der Waals surface area contributed by atoms with Crippen LogP contribution in [0.25, 0.3) is 72.0 Å². The number of rotatable bonds is 6. The molecule has 2 aliphatic carbocycles. The summed E-state index contributed by atoms with van der Waals surface area (Å²) in [5.41, 5.74) is 22.5. The molecule has 62 heavy (non-hydrogen) atoms. The van der Waals surface area contributed by atoms with Gasteiger partial charge in [0.2, 0.25) is 0 Å². The molecule has 2 nitrogen and oxygen atoms in total. The van der Waals surface area contributed by atoms with Gasteiger partial charge in [0.05, 0.1) is 22.4 Å². The van der Waals surface area contributed by atoms with E-state index in [1.165, 1.54) is 88.6 Å². The molecule has 0 amide bonds. The van der Waals surface area contributed by atoms with E-state index in [9.17, 15) is 0 Å². The lowest BCUT2D eigenvalue weighted by Gasteiger charge is -2.30. The number of para-hydroxylation sites is 3. The van der Waals surface area contributed by atoms with Gasteiger partial charge >= 0.3 is 0 Å². The van der Waals surface area contributed by atoms with Crippen LogP contribution in [0.1, 0.15) is 49.9 Å². The molecule has 12 rings (SSSR count). The van der Waals surface area contributed by atoms with E-state index >= 15 is 0 Å². The van der Waals surface area contributed by atoms with Crippen molar-refractivity contribution < 1.29 is 0 Å². The van der Waals surface area contributed by atoms with Crippen molar-refractivity contribution in [1.82, 2.24) is 4.57 Å². The van der Waals surface area contributed by atoms with Crippen LogP contribution in [0.15, 0.2) is 206 Å². The van der Waals surface area contributed by atoms with Crippen molar-refractivity contribution in [3.05, 3.63) is 229 Å². The molecule has 9 aromatic carbocycles. The first-order valence-corrected chi connectivity index (χ1v) is 21.9. The van der Waals surface area contributed by atoms with Gasteiger partial charge in [-0.25, -0.2) is 0 Å². The molecule has 0 unspecified atom stereocenters. The summed E-state index contributed by atoms with van der Waals surface area (Å²) in [4.78, 5) is 2.52. The summed E-state index contributed by atoms with van der Waals surface area (Å²) in [6.07, 6.45) is 0. The largest absolute Gasteiger partial charge is 0.309 e. The number of hydrogen-bond acceptors (Lipinski definition) is 1. The standard InChI is InChI=1S/C60H46N2/c1-59(2)50-29-13-9-23-47(50)56-45(26-17-30-51(56)59)44-22-10-14-31-52(44)62(55-34-18-33-54-57(55)48-24-11-15-32-53(48)61(54)40-19-6-5-7-20-40)41-37-35-39(36-38-41)42-25-16-27-46-43-21-8-12-28-49(43)60(3,4)58(42)46/h5-38H,1-4H3. The van der Waals surface area contributed by atoms with E-state index in [1.807, 2.05) is 0 Å². The predicted octanol–water partition coefficient (Wildman–Crippen LogP) is 16.2. The third kappa shape index (κ3) is 5.16. The van der Waals surface area contributed by atoms with Gasteiger partial charge in [0.25, 0.3) is 0 Å². The molecule has 1 aromatic heterocycles. The summed E-state index contributed by atoms with van der Waals surface area (Å²) in [5.74, 6) is 0. The molecule has 0 aliphatic heterocycles. The third-order valence-electron chi connectivity index (χ3n) is 14.0. The van der Waals surface area contributed by atoms with E-state index in [0.717, 1.165) is 22.7 Å². The molecular weight excluding hydrogens is 749 g/mol. The first-order chi connectivity index (χ1) is 30.3. The monoisotopic (exact) mass is 794 g/mol. The Morgan fingerprint density at radius 3 is 1.73 bits per heavy atom. The van der Waals surface area contributed by atoms with Crippen molar-refractivity contribution in [2.75, 3.05) is 4.90 Å². The molecule has 0 atom stereocenters. The third-order valence-corrected chi connectivity index (χ3v) is 14.0. The number of hydrogen-bond donors (Lipinski definition) is 0. The summed E-state index contributed by atoms with van der Waals surface area (Å²) < 4.78 is 2.42. The lowest BCUT2D eigenvalue weighted by atomic mass is 9.79. The van der Waals surface area contributed by atoms with Crippen molar-refractivity contribution in [2.45, 2.75) is 38.5 Å². The van der Waals surface area contributed by atoms with Crippen LogP contribution in [0.4, 0.5) is 17.1 Å². The van der Waals surface area contributed by atoms with Crippen molar-refractivity contribution in [3.63, 3.8) is 0 Å². The highest BCUT2D eigenvalue weighted by Crippen LogP contribution is 2.55. The van der Waals surface area contributed by atoms with Crippen molar-refractivity contribution >= 4 is 38.9 Å². The second kappa shape index (κ2) is 13.5. The minimum absolute atomic E-state index is 0.106. The second-order valence-corrected chi connectivity index (χ2v) is 18.1. The van der Waals surface area contributed by atoms with Crippen molar-refractivity contribution in [2.24, 2.45) is 0 Å². The lowest BCUT2D eigenvalue weighted by Crippen LogP contribution is -2.16. The maximum Gasteiger partial charge on any atom is 0.0562 e. The van der Waals surface area contributed by atoms with Gasteiger partial charge in [-0.3, -0.25) is 0 Å². The zero-order valence-electron chi connectivity index (χ0n) is 35.5. The van der Waals surface area contributed by atoms with Gasteiger partial charge in [0, 0.05) is 38.5 Å². The van der Waals surface area contributed by atoms with E-state index in [-0.39, 0.29) is 10.8 Å². The smallest absolute Gasteiger partial charge is 0.0562 e. The maximum absolute atomic E-state index is 2.52. The van der Waals surface area contributed by atoms with Crippen LogP contribution in [0.2, 0.25) is 0 Å². The summed E-state index contributed by atoms with van der Waals surface area (Å²) in [7, 11) is 0. The molecule has 0 bridgehead atoms. The number of fused-ring (bicyclic) bond motifs is 9. The van der Waals surface area contributed by atoms with Gasteiger partial charge < -0.3 is 9.47 Å². The van der Waals surface area contributed by atoms with Gasteiger partial charge in [-0.05, 0) is 110 Å². The Balaban J connectivity index is 1.11. The average molecular weight is 795 g/mol. The molecule has 2 aliphatic rings. The highest BCUT2D eigenvalue weighted by molar-refractivity contribution is 6.17. The highest BCUT2D eigenvalue weighted by Gasteiger charge is 2.38. The Morgan fingerprint density at radius 1 is 0.371 bits per heavy atom. The number of aromatic nitrogens is 1. The Labute approximate surface area is 364 Å². The number of anilines is 3. The quantitative estimate of drug-likeness (QED) is 0.163. The zero-order valence-corrected chi connectivity index (χ0v) is 35.5. The van der Waals surface area contributed by atoms with Crippen LogP contribution in [0.5, 0.6) is 0 Å². The zero-order chi connectivity index (χ0) is 41.7. The summed E-state index contributed by atoms with van der Waals surface area (Å²) >= 11 is 0. The van der Waals surface area contributed by atoms with E-state index in [0.29, 0.717) is 0 Å². The fourth-order valence-corrected chi connectivity index (χ4v) is 11.2. The molecule has 296 valence electrons. The molecule has 0 saturated carbocycles. The van der Waals surface area contributed by atoms with Gasteiger partial charge in [-0.2, -0.15) is 0 Å². The van der Waals surface area contributed by atoms with E-state index in [1.54, 1.807) is 0 Å². The Bertz CT molecular complexity index is 3400. The molecule has 0 radical (unpaired) electrons. The molecule has 0 saturated heterocycles. The molecule has 0 N–H and O–H groups in total. The van der Waals surface area contributed by atoms with Gasteiger partial charge in [-0.1, -0.05) is 185 Å². The summed E-state index contributed by atoms with van der Waals surface area (Å²) in [5, 5.41) is 2.44. The van der Waals surface area contributed by atoms with Gasteiger partial charge in [0.1, 0.15) is 0 Å². The first kappa shape index (κ1) is 36.4. The highest BCUT2D eigenvalue weighted by atomic mass is 15.2. The Hall–Kier alpha value is -7.42. The van der Waals surface area contributed by atoms with Crippen LogP contribution in [0.3, 0.4) is 0 Å². The van der Waals surface area contributed by atoms with E-state index in [4.69, 9.17) is 0 Å². The summed E-state index contributed by atoms with van der Waals surface area (Å²) in [6, 6.07) is 76.5. The second-order valence-electron chi connectivity index (χ2n) is 18.1. The van der Waals surface area contributed by atoms with Crippen LogP contribution in [0, 0.1) is 0 Å². The van der Waals surface area contributed by atoms with Crippen molar-refractivity contribution in [1.29, 1.82) is 0 Å². The topological polar surface area (TPSA) is 8.17 Å². The molecule has 0 fully saturated rings. The van der Waals surface area contributed by atoms with E-state index < -0.39 is 0 Å². The molecule has 0 spiro atoms. The van der Waals surface area contributed by atoms with Gasteiger partial charge in [0.15, 0.2) is 0 Å². The molecule has 2 heteroatoms. The van der Waals surface area contributed by atoms with Crippen LogP contribution < -0.4 is 4.90 Å². The number of benzene rings is 9. The average Bonchev–Trinajstić information content (AvgIpc) is 3.87. The Morgan fingerprint density at radius 2 is 0.919 bits per heavy atom. The SMILES string of the molecule is CC1(C)c2ccccc2-c2c(-c3ccccc3N(c3ccc(-c4cccc5c4C(C)(C)c4ccccc4-5)cc3)c3cccc4c3c3ccccc3n4-c3ccccc3)cccc21. The molecular formula is C60H46N2. The first-order valence-electron chi connectivity index (χ1n) is 21.9. The van der Waals surface area contributed by atoms with Crippen LogP contribution in [-0.2, 0) is 10.8 Å². The summed E-state index contributed by atoms with van der Waals surface area (Å²) in [6.45, 7) is 9.49. The normalized spacial score (nSPS) is 14.1. The number of nitrogens with zero attached hydrogens (tertiary/aromatic N) is 2. The molecule has 10 aromatic rings. The fraction of sp³-hybridized carbons (Fsp3) is 0.100. The predicted molar refractivity (Wildman–Crippen MR) is 261 cm³/mol.